The van der Waals surface area contributed by atoms with E-state index in [0.717, 1.165) is 6.54 Å². The standard InChI is InChI=1S/C13H16N2S/c1-15(2)12-6-3-5-11(9-12)14-10-13-7-4-8-16-13/h3-9,14H,10H2,1-2H3. The molecule has 0 saturated carbocycles. The Kier molecular flexibility index (Phi) is 3.47. The Morgan fingerprint density at radius 1 is 1.19 bits per heavy atom. The average molecular weight is 232 g/mol. The number of hydrogen-bond acceptors (Lipinski definition) is 3. The lowest BCUT2D eigenvalue weighted by Gasteiger charge is -2.14. The Morgan fingerprint density at radius 3 is 2.75 bits per heavy atom. The molecule has 1 aromatic carbocycles. The van der Waals surface area contributed by atoms with E-state index in [0.29, 0.717) is 0 Å². The maximum atomic E-state index is 3.43. The predicted octanol–water partition coefficient (Wildman–Crippen LogP) is 3.43. The van der Waals surface area contributed by atoms with Crippen LogP contribution in [0.2, 0.25) is 0 Å². The highest BCUT2D eigenvalue weighted by molar-refractivity contribution is 7.09. The lowest BCUT2D eigenvalue weighted by molar-refractivity contribution is 1.12. The largest absolute Gasteiger partial charge is 0.380 e. The summed E-state index contributed by atoms with van der Waals surface area (Å²) in [6, 6.07) is 12.7. The summed E-state index contributed by atoms with van der Waals surface area (Å²) in [6.07, 6.45) is 0. The van der Waals surface area contributed by atoms with Crippen LogP contribution in [0.25, 0.3) is 0 Å². The molecule has 0 bridgehead atoms. The smallest absolute Gasteiger partial charge is 0.0494 e. The van der Waals surface area contributed by atoms with E-state index in [4.69, 9.17) is 0 Å². The van der Waals surface area contributed by atoms with Crippen molar-refractivity contribution in [1.82, 2.24) is 0 Å². The number of thiophene rings is 1. The Hall–Kier alpha value is -1.48. The zero-order valence-corrected chi connectivity index (χ0v) is 10.4. The molecule has 2 rings (SSSR count). The third-order valence-electron chi connectivity index (χ3n) is 2.41. The Morgan fingerprint density at radius 2 is 2.06 bits per heavy atom. The van der Waals surface area contributed by atoms with Gasteiger partial charge in [-0.1, -0.05) is 12.1 Å². The molecule has 0 unspecified atom stereocenters. The fourth-order valence-corrected chi connectivity index (χ4v) is 2.14. The summed E-state index contributed by atoms with van der Waals surface area (Å²) in [7, 11) is 4.11. The molecule has 0 saturated heterocycles. The van der Waals surface area contributed by atoms with Crippen LogP contribution in [-0.4, -0.2) is 14.1 Å². The zero-order chi connectivity index (χ0) is 11.4. The molecule has 84 valence electrons. The van der Waals surface area contributed by atoms with Crippen LogP contribution in [0.15, 0.2) is 41.8 Å². The van der Waals surface area contributed by atoms with Crippen LogP contribution in [0.3, 0.4) is 0 Å². The van der Waals surface area contributed by atoms with E-state index in [2.05, 4.69) is 66.1 Å². The van der Waals surface area contributed by atoms with Crippen molar-refractivity contribution in [2.75, 3.05) is 24.3 Å². The van der Waals surface area contributed by atoms with Gasteiger partial charge in [0.15, 0.2) is 0 Å². The van der Waals surface area contributed by atoms with Gasteiger partial charge >= 0.3 is 0 Å². The van der Waals surface area contributed by atoms with Crippen LogP contribution in [0.1, 0.15) is 4.88 Å². The molecule has 0 radical (unpaired) electrons. The van der Waals surface area contributed by atoms with Crippen LogP contribution in [0, 0.1) is 0 Å². The van der Waals surface area contributed by atoms with Gasteiger partial charge < -0.3 is 10.2 Å². The minimum Gasteiger partial charge on any atom is -0.380 e. The first-order valence-corrected chi connectivity index (χ1v) is 6.17. The third kappa shape index (κ3) is 2.76. The van der Waals surface area contributed by atoms with Gasteiger partial charge in [0.2, 0.25) is 0 Å². The van der Waals surface area contributed by atoms with E-state index in [1.807, 2.05) is 0 Å². The van der Waals surface area contributed by atoms with E-state index in [9.17, 15) is 0 Å². The fourth-order valence-electron chi connectivity index (χ4n) is 1.50. The van der Waals surface area contributed by atoms with Crippen molar-refractivity contribution in [2.45, 2.75) is 6.54 Å². The molecular weight excluding hydrogens is 216 g/mol. The summed E-state index contributed by atoms with van der Waals surface area (Å²) in [5.74, 6) is 0. The molecule has 0 aliphatic carbocycles. The molecule has 0 amide bonds. The summed E-state index contributed by atoms with van der Waals surface area (Å²) in [5.41, 5.74) is 2.38. The summed E-state index contributed by atoms with van der Waals surface area (Å²) >= 11 is 1.78. The van der Waals surface area contributed by atoms with Gasteiger partial charge in [-0.2, -0.15) is 0 Å². The van der Waals surface area contributed by atoms with E-state index < -0.39 is 0 Å². The Balaban J connectivity index is 2.01. The van der Waals surface area contributed by atoms with Crippen LogP contribution < -0.4 is 10.2 Å². The van der Waals surface area contributed by atoms with Crippen LogP contribution >= 0.6 is 11.3 Å². The van der Waals surface area contributed by atoms with Gasteiger partial charge in [0, 0.05) is 36.9 Å². The molecule has 1 aromatic heterocycles. The van der Waals surface area contributed by atoms with E-state index >= 15 is 0 Å². The number of nitrogens with one attached hydrogen (secondary N) is 1. The SMILES string of the molecule is CN(C)c1cccc(NCc2cccs2)c1. The van der Waals surface area contributed by atoms with Gasteiger partial charge in [-0.3, -0.25) is 0 Å². The van der Waals surface area contributed by atoms with Crippen LogP contribution in [0.4, 0.5) is 11.4 Å². The van der Waals surface area contributed by atoms with Gasteiger partial charge in [-0.15, -0.1) is 11.3 Å². The van der Waals surface area contributed by atoms with Crippen LogP contribution in [-0.2, 0) is 6.54 Å². The minimum atomic E-state index is 0.897. The molecule has 1 heterocycles. The van der Waals surface area contributed by atoms with Gasteiger partial charge in [0.25, 0.3) is 0 Å². The van der Waals surface area contributed by atoms with Gasteiger partial charge in [0.1, 0.15) is 0 Å². The molecule has 16 heavy (non-hydrogen) atoms. The lowest BCUT2D eigenvalue weighted by Crippen LogP contribution is -2.08. The predicted molar refractivity (Wildman–Crippen MR) is 72.4 cm³/mol. The first-order chi connectivity index (χ1) is 7.75. The quantitative estimate of drug-likeness (QED) is 0.869. The van der Waals surface area contributed by atoms with E-state index in [-0.39, 0.29) is 0 Å². The zero-order valence-electron chi connectivity index (χ0n) is 9.60. The second kappa shape index (κ2) is 5.03. The summed E-state index contributed by atoms with van der Waals surface area (Å²) in [5, 5.41) is 5.53. The van der Waals surface area contributed by atoms with Crippen molar-refractivity contribution in [3.8, 4) is 0 Å². The highest BCUT2D eigenvalue weighted by Crippen LogP contribution is 2.18. The normalized spacial score (nSPS) is 10.1. The first-order valence-electron chi connectivity index (χ1n) is 5.29. The number of hydrogen-bond donors (Lipinski definition) is 1. The summed E-state index contributed by atoms with van der Waals surface area (Å²) in [6.45, 7) is 0.897. The number of nitrogens with zero attached hydrogens (tertiary/aromatic N) is 1. The monoisotopic (exact) mass is 232 g/mol. The van der Waals surface area contributed by atoms with E-state index in [1.165, 1.54) is 16.3 Å². The summed E-state index contributed by atoms with van der Waals surface area (Å²) < 4.78 is 0. The maximum absolute atomic E-state index is 3.43. The Bertz CT molecular complexity index is 435. The fraction of sp³-hybridized carbons (Fsp3) is 0.231. The molecule has 0 fully saturated rings. The maximum Gasteiger partial charge on any atom is 0.0494 e. The van der Waals surface area contributed by atoms with Gasteiger partial charge in [0.05, 0.1) is 0 Å². The highest BCUT2D eigenvalue weighted by atomic mass is 32.1. The first kappa shape index (κ1) is 11.0. The number of rotatable bonds is 4. The third-order valence-corrected chi connectivity index (χ3v) is 3.29. The van der Waals surface area contributed by atoms with Crippen molar-refractivity contribution in [3.63, 3.8) is 0 Å². The van der Waals surface area contributed by atoms with Crippen molar-refractivity contribution >= 4 is 22.7 Å². The second-order valence-electron chi connectivity index (χ2n) is 3.88. The van der Waals surface area contributed by atoms with Gasteiger partial charge in [-0.05, 0) is 29.6 Å². The Labute approximate surface area is 101 Å². The van der Waals surface area contributed by atoms with Crippen molar-refractivity contribution in [2.24, 2.45) is 0 Å². The molecule has 2 nitrogen and oxygen atoms in total. The van der Waals surface area contributed by atoms with Crippen molar-refractivity contribution < 1.29 is 0 Å². The topological polar surface area (TPSA) is 15.3 Å². The highest BCUT2D eigenvalue weighted by Gasteiger charge is 1.98. The molecule has 0 aliphatic rings. The lowest BCUT2D eigenvalue weighted by atomic mass is 10.2. The molecule has 0 atom stereocenters. The van der Waals surface area contributed by atoms with E-state index in [1.54, 1.807) is 11.3 Å². The molecular formula is C13H16N2S. The number of benzene rings is 1. The molecule has 0 spiro atoms. The van der Waals surface area contributed by atoms with Crippen LogP contribution in [0.5, 0.6) is 0 Å². The van der Waals surface area contributed by atoms with Gasteiger partial charge in [-0.25, -0.2) is 0 Å². The van der Waals surface area contributed by atoms with Crippen molar-refractivity contribution in [1.29, 1.82) is 0 Å². The molecule has 1 N–H and O–H groups in total. The molecule has 3 heteroatoms. The molecule has 2 aromatic rings. The number of anilines is 2. The minimum absolute atomic E-state index is 0.897. The molecule has 0 aliphatic heterocycles. The second-order valence-corrected chi connectivity index (χ2v) is 4.91. The summed E-state index contributed by atoms with van der Waals surface area (Å²) in [4.78, 5) is 3.46. The van der Waals surface area contributed by atoms with Crippen molar-refractivity contribution in [3.05, 3.63) is 46.7 Å². The average Bonchev–Trinajstić information content (AvgIpc) is 2.79.